The van der Waals surface area contributed by atoms with Gasteiger partial charge in [0.25, 0.3) is 0 Å². The Kier molecular flexibility index (Phi) is 7.38. The molecular formula is C15H19F3N2S2. The van der Waals surface area contributed by atoms with Crippen LogP contribution in [0.1, 0.15) is 12.5 Å². The molecule has 1 atom stereocenters. The van der Waals surface area contributed by atoms with Gasteiger partial charge in [0.05, 0.1) is 0 Å². The second-order valence-corrected chi connectivity index (χ2v) is 6.38. The second kappa shape index (κ2) is 8.55. The minimum atomic E-state index is -4.49. The van der Waals surface area contributed by atoms with Crippen LogP contribution in [0.25, 0.3) is 0 Å². The third-order valence-electron chi connectivity index (χ3n) is 2.81. The summed E-state index contributed by atoms with van der Waals surface area (Å²) in [6.45, 7) is 1.74. The number of nitrogens with two attached hydrogens (primary N) is 2. The molecule has 0 aliphatic carbocycles. The van der Waals surface area contributed by atoms with Gasteiger partial charge < -0.3 is 11.5 Å². The quantitative estimate of drug-likeness (QED) is 0.595. The van der Waals surface area contributed by atoms with Crippen LogP contribution in [0.5, 0.6) is 0 Å². The van der Waals surface area contributed by atoms with Crippen molar-refractivity contribution < 1.29 is 13.2 Å². The normalized spacial score (nSPS) is 15.0. The maximum Gasteiger partial charge on any atom is 0.407 e. The molecule has 0 bridgehead atoms. The molecule has 0 heterocycles. The summed E-state index contributed by atoms with van der Waals surface area (Å²) in [6, 6.07) is 5.93. The average molecular weight is 348 g/mol. The Labute approximate surface area is 137 Å². The molecule has 122 valence electrons. The molecular weight excluding hydrogens is 329 g/mol. The van der Waals surface area contributed by atoms with Gasteiger partial charge >= 0.3 is 6.18 Å². The number of allylic oxidation sites excluding steroid dienone is 1. The lowest BCUT2D eigenvalue weighted by atomic mass is 10.2. The van der Waals surface area contributed by atoms with Gasteiger partial charge in [0, 0.05) is 21.3 Å². The fourth-order valence-corrected chi connectivity index (χ4v) is 3.01. The van der Waals surface area contributed by atoms with Crippen LogP contribution in [0.15, 0.2) is 51.9 Å². The number of hydrogen-bond acceptors (Lipinski definition) is 4. The first kappa shape index (κ1) is 19.0. The van der Waals surface area contributed by atoms with E-state index in [1.165, 1.54) is 11.8 Å². The zero-order chi connectivity index (χ0) is 16.8. The highest BCUT2D eigenvalue weighted by Gasteiger charge is 2.35. The van der Waals surface area contributed by atoms with Gasteiger partial charge in [0.15, 0.2) is 0 Å². The summed E-state index contributed by atoms with van der Waals surface area (Å²) < 4.78 is 37.4. The van der Waals surface area contributed by atoms with Crippen molar-refractivity contribution in [2.24, 2.45) is 11.5 Å². The molecule has 0 radical (unpaired) electrons. The van der Waals surface area contributed by atoms with Gasteiger partial charge in [0.1, 0.15) is 6.04 Å². The van der Waals surface area contributed by atoms with E-state index in [1.54, 1.807) is 24.8 Å². The predicted octanol–water partition coefficient (Wildman–Crippen LogP) is 4.28. The minimum Gasteiger partial charge on any atom is -0.398 e. The molecule has 0 fully saturated rings. The molecule has 0 aliphatic heterocycles. The minimum absolute atomic E-state index is 0.0540. The molecule has 0 saturated carbocycles. The Bertz CT molecular complexity index is 554. The summed E-state index contributed by atoms with van der Waals surface area (Å²) in [5.74, 6) is 0.629. The molecule has 2 nitrogen and oxygen atoms in total. The van der Waals surface area contributed by atoms with Crippen LogP contribution in [-0.2, 0) is 5.75 Å². The average Bonchev–Trinajstić information content (AvgIpc) is 2.47. The van der Waals surface area contributed by atoms with E-state index >= 15 is 0 Å². The van der Waals surface area contributed by atoms with Crippen molar-refractivity contribution >= 4 is 23.5 Å². The first-order valence-corrected chi connectivity index (χ1v) is 8.71. The smallest absolute Gasteiger partial charge is 0.398 e. The number of hydrogen-bond donors (Lipinski definition) is 2. The third kappa shape index (κ3) is 5.98. The summed E-state index contributed by atoms with van der Waals surface area (Å²) in [6.07, 6.45) is 0.0440. The molecule has 7 heteroatoms. The van der Waals surface area contributed by atoms with Crippen LogP contribution >= 0.6 is 23.5 Å². The van der Waals surface area contributed by atoms with Crippen molar-refractivity contribution in [3.63, 3.8) is 0 Å². The van der Waals surface area contributed by atoms with E-state index in [-0.39, 0.29) is 5.70 Å². The molecule has 1 unspecified atom stereocenters. The first-order valence-electron chi connectivity index (χ1n) is 6.50. The summed E-state index contributed by atoms with van der Waals surface area (Å²) >= 11 is 3.03. The highest BCUT2D eigenvalue weighted by Crippen LogP contribution is 2.28. The van der Waals surface area contributed by atoms with E-state index in [0.717, 1.165) is 16.5 Å². The van der Waals surface area contributed by atoms with Gasteiger partial charge in [-0.3, -0.25) is 0 Å². The molecule has 1 aromatic carbocycles. The largest absolute Gasteiger partial charge is 0.407 e. The van der Waals surface area contributed by atoms with Crippen LogP contribution in [0, 0.1) is 0 Å². The molecule has 0 aliphatic rings. The molecule has 0 saturated heterocycles. The van der Waals surface area contributed by atoms with E-state index < -0.39 is 12.2 Å². The Balaban J connectivity index is 2.75. The summed E-state index contributed by atoms with van der Waals surface area (Å²) in [5.41, 5.74) is 11.9. The zero-order valence-corrected chi connectivity index (χ0v) is 14.0. The fraction of sp³-hybridized carbons (Fsp3) is 0.333. The number of benzene rings is 1. The van der Waals surface area contributed by atoms with Gasteiger partial charge in [-0.15, -0.1) is 23.5 Å². The van der Waals surface area contributed by atoms with Crippen LogP contribution in [0.2, 0.25) is 0 Å². The molecule has 4 N–H and O–H groups in total. The Morgan fingerprint density at radius 2 is 2.05 bits per heavy atom. The van der Waals surface area contributed by atoms with Crippen LogP contribution in [0.4, 0.5) is 13.2 Å². The molecule has 1 aromatic rings. The zero-order valence-electron chi connectivity index (χ0n) is 12.4. The highest BCUT2D eigenvalue weighted by atomic mass is 32.2. The van der Waals surface area contributed by atoms with E-state index in [9.17, 15) is 13.2 Å². The lowest BCUT2D eigenvalue weighted by Crippen LogP contribution is -2.36. The van der Waals surface area contributed by atoms with Crippen molar-refractivity contribution in [2.45, 2.75) is 29.8 Å². The van der Waals surface area contributed by atoms with Gasteiger partial charge in [-0.25, -0.2) is 0 Å². The number of rotatable bonds is 6. The van der Waals surface area contributed by atoms with Gasteiger partial charge in [-0.05, 0) is 37.0 Å². The van der Waals surface area contributed by atoms with Crippen molar-refractivity contribution in [1.82, 2.24) is 0 Å². The Morgan fingerprint density at radius 3 is 2.59 bits per heavy atom. The van der Waals surface area contributed by atoms with Crippen molar-refractivity contribution in [3.05, 3.63) is 52.6 Å². The van der Waals surface area contributed by atoms with Crippen molar-refractivity contribution in [1.29, 1.82) is 0 Å². The topological polar surface area (TPSA) is 52.0 Å². The van der Waals surface area contributed by atoms with Crippen molar-refractivity contribution in [2.75, 3.05) is 6.26 Å². The number of halogens is 3. The van der Waals surface area contributed by atoms with E-state index in [1.807, 2.05) is 30.5 Å². The lowest BCUT2D eigenvalue weighted by Gasteiger charge is -2.14. The van der Waals surface area contributed by atoms with E-state index in [4.69, 9.17) is 11.5 Å². The maximum absolute atomic E-state index is 12.5. The highest BCUT2D eigenvalue weighted by molar-refractivity contribution is 8.02. The molecule has 22 heavy (non-hydrogen) atoms. The molecule has 0 aromatic heterocycles. The Hall–Kier alpha value is -1.05. The van der Waals surface area contributed by atoms with E-state index in [0.29, 0.717) is 10.7 Å². The lowest BCUT2D eigenvalue weighted by molar-refractivity contribution is -0.137. The van der Waals surface area contributed by atoms with Gasteiger partial charge in [-0.2, -0.15) is 13.2 Å². The summed E-state index contributed by atoms with van der Waals surface area (Å²) in [7, 11) is 0. The third-order valence-corrected chi connectivity index (χ3v) is 4.80. The monoisotopic (exact) mass is 348 g/mol. The van der Waals surface area contributed by atoms with E-state index in [2.05, 4.69) is 0 Å². The van der Waals surface area contributed by atoms with Gasteiger partial charge in [-0.1, -0.05) is 18.2 Å². The van der Waals surface area contributed by atoms with Crippen LogP contribution < -0.4 is 11.5 Å². The Morgan fingerprint density at radius 1 is 1.36 bits per heavy atom. The second-order valence-electron chi connectivity index (χ2n) is 4.48. The predicted molar refractivity (Wildman–Crippen MR) is 89.6 cm³/mol. The SMILES string of the molecule is C/C=C(SCc1cccc(SC)c1)/C(N)=C/C(N)C(F)(F)F. The summed E-state index contributed by atoms with van der Waals surface area (Å²) in [5, 5.41) is 0. The van der Waals surface area contributed by atoms with Crippen LogP contribution in [-0.4, -0.2) is 18.5 Å². The summed E-state index contributed by atoms with van der Waals surface area (Å²) in [4.78, 5) is 1.73. The number of thioether (sulfide) groups is 2. The molecule has 0 spiro atoms. The van der Waals surface area contributed by atoms with Gasteiger partial charge in [0.2, 0.25) is 0 Å². The standard InChI is InChI=1S/C15H19F3N2S2/c1-3-13(12(19)8-14(20)15(16,17)18)22-9-10-5-4-6-11(7-10)21-2/h3-8,14H,9,19-20H2,1-2H3/b12-8-,13-3-. The molecule has 1 rings (SSSR count). The molecule has 0 amide bonds. The van der Waals surface area contributed by atoms with Crippen LogP contribution in [0.3, 0.4) is 0 Å². The fourth-order valence-electron chi connectivity index (χ4n) is 1.63. The maximum atomic E-state index is 12.5. The first-order chi connectivity index (χ1) is 10.3. The number of alkyl halides is 3. The van der Waals surface area contributed by atoms with Crippen molar-refractivity contribution in [3.8, 4) is 0 Å².